The normalized spacial score (nSPS) is 12.6. The van der Waals surface area contributed by atoms with Crippen LogP contribution in [-0.2, 0) is 0 Å². The molecule has 1 aliphatic carbocycles. The van der Waals surface area contributed by atoms with Crippen LogP contribution < -0.4 is 0 Å². The van der Waals surface area contributed by atoms with Crippen molar-refractivity contribution in [1.82, 2.24) is 9.97 Å². The molecule has 3 heteroatoms. The van der Waals surface area contributed by atoms with Crippen LogP contribution in [0.15, 0.2) is 199 Å². The summed E-state index contributed by atoms with van der Waals surface area (Å²) in [5.74, 6) is 0.697. The van der Waals surface area contributed by atoms with E-state index in [0.29, 0.717) is 5.82 Å². The lowest BCUT2D eigenvalue weighted by molar-refractivity contribution is 0.669. The first-order valence-corrected chi connectivity index (χ1v) is 18.9. The first-order chi connectivity index (χ1) is 27.2. The SMILES string of the molecule is C1=CCCC(c2cc(-c3ccccc3)nc(-c3cccc4oc5ccc(-c6ccc(-c7cc(-c8ccccc8)cc(-c8ccccc8)c7)cc6)cc5c34)n2)=C1. The molecule has 1 aliphatic rings. The number of allylic oxidation sites excluding steroid dienone is 4. The van der Waals surface area contributed by atoms with Crippen LogP contribution in [-0.4, -0.2) is 9.97 Å². The third-order valence-electron chi connectivity index (χ3n) is 10.6. The molecule has 3 nitrogen and oxygen atoms in total. The van der Waals surface area contributed by atoms with Gasteiger partial charge in [0.2, 0.25) is 0 Å². The minimum atomic E-state index is 0.697. The highest BCUT2D eigenvalue weighted by Gasteiger charge is 2.18. The van der Waals surface area contributed by atoms with Crippen LogP contribution in [0, 0.1) is 0 Å². The van der Waals surface area contributed by atoms with Gasteiger partial charge in [-0.05, 0) is 105 Å². The molecule has 0 amide bonds. The van der Waals surface area contributed by atoms with Crippen molar-refractivity contribution in [3.63, 3.8) is 0 Å². The van der Waals surface area contributed by atoms with E-state index >= 15 is 0 Å². The summed E-state index contributed by atoms with van der Waals surface area (Å²) >= 11 is 0. The summed E-state index contributed by atoms with van der Waals surface area (Å²) in [6.45, 7) is 0. The fourth-order valence-electron chi connectivity index (χ4n) is 7.74. The van der Waals surface area contributed by atoms with Gasteiger partial charge in [-0.3, -0.25) is 0 Å². The van der Waals surface area contributed by atoms with Gasteiger partial charge >= 0.3 is 0 Å². The average Bonchev–Trinajstić information content (AvgIpc) is 3.66. The zero-order valence-electron chi connectivity index (χ0n) is 30.2. The fourth-order valence-corrected chi connectivity index (χ4v) is 7.74. The maximum atomic E-state index is 6.46. The lowest BCUT2D eigenvalue weighted by Crippen LogP contribution is -1.99. The van der Waals surface area contributed by atoms with E-state index in [-0.39, 0.29) is 0 Å². The van der Waals surface area contributed by atoms with E-state index in [0.717, 1.165) is 68.4 Å². The van der Waals surface area contributed by atoms with Crippen molar-refractivity contribution < 1.29 is 4.42 Å². The number of nitrogens with zero attached hydrogens (tertiary/aromatic N) is 2. The number of fused-ring (bicyclic) bond motifs is 3. The summed E-state index contributed by atoms with van der Waals surface area (Å²) in [6.07, 6.45) is 8.47. The zero-order valence-corrected chi connectivity index (χ0v) is 30.2. The van der Waals surface area contributed by atoms with E-state index in [1.165, 1.54) is 39.0 Å². The second-order valence-electron chi connectivity index (χ2n) is 14.1. The van der Waals surface area contributed by atoms with Crippen LogP contribution in [0.5, 0.6) is 0 Å². The van der Waals surface area contributed by atoms with Crippen molar-refractivity contribution in [1.29, 1.82) is 0 Å². The van der Waals surface area contributed by atoms with Crippen molar-refractivity contribution in [3.8, 4) is 67.2 Å². The molecule has 2 heterocycles. The van der Waals surface area contributed by atoms with Crippen LogP contribution in [0.1, 0.15) is 18.5 Å². The van der Waals surface area contributed by atoms with Crippen molar-refractivity contribution in [3.05, 3.63) is 200 Å². The molecule has 0 radical (unpaired) electrons. The lowest BCUT2D eigenvalue weighted by atomic mass is 9.92. The molecule has 0 fully saturated rings. The summed E-state index contributed by atoms with van der Waals surface area (Å²) < 4.78 is 6.46. The van der Waals surface area contributed by atoms with Gasteiger partial charge in [0.15, 0.2) is 5.82 Å². The molecule has 9 aromatic rings. The van der Waals surface area contributed by atoms with Crippen molar-refractivity contribution >= 4 is 27.5 Å². The molecule has 0 saturated heterocycles. The Labute approximate surface area is 320 Å². The van der Waals surface area contributed by atoms with Gasteiger partial charge in [-0.25, -0.2) is 9.97 Å². The molecule has 10 rings (SSSR count). The standard InChI is InChI=1S/C52H36N2O/c1-5-14-35(15-6-1)42-30-43(36-16-7-2-8-17-36)32-44(31-42)38-26-24-37(25-27-38)41-28-29-49-46(33-41)51-45(22-13-23-50(51)55-49)52-53-47(39-18-9-3-10-19-39)34-48(54-52)40-20-11-4-12-21-40/h1-11,13-20,22-34H,12,21H2. The molecular weight excluding hydrogens is 669 g/mol. The number of aromatic nitrogens is 2. The van der Waals surface area contributed by atoms with Gasteiger partial charge in [0, 0.05) is 21.9 Å². The Morgan fingerprint density at radius 2 is 0.982 bits per heavy atom. The maximum absolute atomic E-state index is 6.46. The van der Waals surface area contributed by atoms with E-state index in [1.54, 1.807) is 0 Å². The maximum Gasteiger partial charge on any atom is 0.161 e. The summed E-state index contributed by atoms with van der Waals surface area (Å²) in [7, 11) is 0. The Morgan fingerprint density at radius 1 is 0.418 bits per heavy atom. The van der Waals surface area contributed by atoms with E-state index in [1.807, 2.05) is 18.2 Å². The predicted molar refractivity (Wildman–Crippen MR) is 228 cm³/mol. The highest BCUT2D eigenvalue weighted by atomic mass is 16.3. The number of furan rings is 1. The quantitative estimate of drug-likeness (QED) is 0.166. The van der Waals surface area contributed by atoms with E-state index in [4.69, 9.17) is 14.4 Å². The number of hydrogen-bond donors (Lipinski definition) is 0. The van der Waals surface area contributed by atoms with E-state index in [9.17, 15) is 0 Å². The molecule has 0 N–H and O–H groups in total. The van der Waals surface area contributed by atoms with Gasteiger partial charge in [0.1, 0.15) is 11.2 Å². The Bertz CT molecular complexity index is 2830. The molecule has 0 bridgehead atoms. The molecule has 55 heavy (non-hydrogen) atoms. The molecule has 0 aliphatic heterocycles. The largest absolute Gasteiger partial charge is 0.456 e. The van der Waals surface area contributed by atoms with Gasteiger partial charge in [0.25, 0.3) is 0 Å². The first-order valence-electron chi connectivity index (χ1n) is 18.9. The second kappa shape index (κ2) is 14.0. The number of benzene rings is 7. The van der Waals surface area contributed by atoms with Gasteiger partial charge in [0.05, 0.1) is 11.4 Å². The lowest BCUT2D eigenvalue weighted by Gasteiger charge is -2.13. The second-order valence-corrected chi connectivity index (χ2v) is 14.1. The van der Waals surface area contributed by atoms with Crippen LogP contribution in [0.4, 0.5) is 0 Å². The zero-order chi connectivity index (χ0) is 36.6. The van der Waals surface area contributed by atoms with Gasteiger partial charge in [-0.1, -0.05) is 152 Å². The van der Waals surface area contributed by atoms with E-state index < -0.39 is 0 Å². The average molecular weight is 705 g/mol. The third-order valence-corrected chi connectivity index (χ3v) is 10.6. The van der Waals surface area contributed by atoms with E-state index in [2.05, 4.69) is 176 Å². The predicted octanol–water partition coefficient (Wildman–Crippen LogP) is 14.1. The number of rotatable bonds is 7. The third kappa shape index (κ3) is 6.36. The van der Waals surface area contributed by atoms with Crippen molar-refractivity contribution in [2.24, 2.45) is 0 Å². The molecule has 7 aromatic carbocycles. The van der Waals surface area contributed by atoms with Crippen molar-refractivity contribution in [2.75, 3.05) is 0 Å². The molecule has 0 unspecified atom stereocenters. The van der Waals surface area contributed by atoms with Crippen LogP contribution >= 0.6 is 0 Å². The van der Waals surface area contributed by atoms with Crippen LogP contribution in [0.2, 0.25) is 0 Å². The van der Waals surface area contributed by atoms with Crippen molar-refractivity contribution in [2.45, 2.75) is 12.8 Å². The van der Waals surface area contributed by atoms with Crippen LogP contribution in [0.3, 0.4) is 0 Å². The van der Waals surface area contributed by atoms with Gasteiger partial charge in [-0.2, -0.15) is 0 Å². The monoisotopic (exact) mass is 704 g/mol. The first kappa shape index (κ1) is 32.5. The Kier molecular flexibility index (Phi) is 8.31. The highest BCUT2D eigenvalue weighted by molar-refractivity contribution is 6.12. The topological polar surface area (TPSA) is 38.9 Å². The molecule has 2 aromatic heterocycles. The molecule has 0 spiro atoms. The Morgan fingerprint density at radius 3 is 1.60 bits per heavy atom. The summed E-state index contributed by atoms with van der Waals surface area (Å²) in [6, 6.07) is 62.2. The minimum absolute atomic E-state index is 0.697. The fraction of sp³-hybridized carbons (Fsp3) is 0.0385. The Hall–Kier alpha value is -7.10. The minimum Gasteiger partial charge on any atom is -0.456 e. The Balaban J connectivity index is 1.06. The molecular formula is C52H36N2O. The summed E-state index contributed by atoms with van der Waals surface area (Å²) in [5, 5.41) is 2.07. The highest BCUT2D eigenvalue weighted by Crippen LogP contribution is 2.40. The molecule has 0 saturated carbocycles. The smallest absolute Gasteiger partial charge is 0.161 e. The summed E-state index contributed by atoms with van der Waals surface area (Å²) in [4.78, 5) is 10.4. The summed E-state index contributed by atoms with van der Waals surface area (Å²) in [5.41, 5.74) is 16.2. The molecule has 0 atom stereocenters. The van der Waals surface area contributed by atoms with Gasteiger partial charge in [-0.15, -0.1) is 0 Å². The van der Waals surface area contributed by atoms with Gasteiger partial charge < -0.3 is 4.42 Å². The number of hydrogen-bond acceptors (Lipinski definition) is 3. The molecule has 260 valence electrons. The van der Waals surface area contributed by atoms with Crippen LogP contribution in [0.25, 0.3) is 94.7 Å².